The number of nitrogens with zero attached hydrogens (tertiary/aromatic N) is 1. The van der Waals surface area contributed by atoms with Crippen molar-refractivity contribution >= 4 is 20.9 Å². The van der Waals surface area contributed by atoms with Gasteiger partial charge in [-0.2, -0.15) is 0 Å². The van der Waals surface area contributed by atoms with E-state index >= 15 is 0 Å². The normalized spacial score (nSPS) is 22.7. The second-order valence-electron chi connectivity index (χ2n) is 5.22. The molecule has 3 rings (SSSR count). The summed E-state index contributed by atoms with van der Waals surface area (Å²) in [5.41, 5.74) is 1.64. The van der Waals surface area contributed by atoms with Crippen LogP contribution in [0.15, 0.2) is 35.4 Å². The highest BCUT2D eigenvalue weighted by Crippen LogP contribution is 2.26. The maximum Gasteiger partial charge on any atom is 0.241 e. The van der Waals surface area contributed by atoms with Crippen LogP contribution >= 0.6 is 0 Å². The van der Waals surface area contributed by atoms with Crippen LogP contribution in [-0.4, -0.2) is 30.7 Å². The highest BCUT2D eigenvalue weighted by atomic mass is 32.2. The van der Waals surface area contributed by atoms with Crippen LogP contribution in [0.25, 0.3) is 10.9 Å². The lowest BCUT2D eigenvalue weighted by Crippen LogP contribution is -2.46. The molecular formula is C14H16N2O3S. The van der Waals surface area contributed by atoms with Crippen LogP contribution in [0, 0.1) is 6.92 Å². The first-order chi connectivity index (χ1) is 9.47. The molecule has 2 N–H and O–H groups in total. The number of benzene rings is 1. The predicted molar refractivity (Wildman–Crippen MR) is 75.8 cm³/mol. The standard InChI is InChI=1S/C14H16N2O3S/c1-9-4-5-13(12-3-2-6-15-14(9)12)20(18,19)16-10-7-11(17)8-10/h2-6,10-11,16-17H,7-8H2,1H3. The number of nitrogens with one attached hydrogen (secondary N) is 1. The summed E-state index contributed by atoms with van der Waals surface area (Å²) in [5, 5.41) is 9.87. The average Bonchev–Trinajstić information content (AvgIpc) is 2.37. The molecule has 0 saturated heterocycles. The molecule has 1 fully saturated rings. The molecule has 2 aromatic rings. The van der Waals surface area contributed by atoms with Gasteiger partial charge in [0.05, 0.1) is 16.5 Å². The highest BCUT2D eigenvalue weighted by Gasteiger charge is 2.31. The van der Waals surface area contributed by atoms with Crippen molar-refractivity contribution in [3.05, 3.63) is 36.0 Å². The van der Waals surface area contributed by atoms with E-state index in [1.165, 1.54) is 0 Å². The van der Waals surface area contributed by atoms with Crippen molar-refractivity contribution in [1.82, 2.24) is 9.71 Å². The summed E-state index contributed by atoms with van der Waals surface area (Å²) < 4.78 is 27.5. The van der Waals surface area contributed by atoms with E-state index in [9.17, 15) is 13.5 Å². The van der Waals surface area contributed by atoms with Crippen LogP contribution < -0.4 is 4.72 Å². The van der Waals surface area contributed by atoms with Gasteiger partial charge in [0.2, 0.25) is 10.0 Å². The van der Waals surface area contributed by atoms with Gasteiger partial charge in [-0.15, -0.1) is 0 Å². The van der Waals surface area contributed by atoms with Crippen molar-refractivity contribution in [1.29, 1.82) is 0 Å². The van der Waals surface area contributed by atoms with Crippen LogP contribution in [0.4, 0.5) is 0 Å². The highest BCUT2D eigenvalue weighted by molar-refractivity contribution is 7.89. The zero-order valence-electron chi connectivity index (χ0n) is 11.1. The first-order valence-corrected chi connectivity index (χ1v) is 8.00. The smallest absolute Gasteiger partial charge is 0.241 e. The molecule has 0 amide bonds. The van der Waals surface area contributed by atoms with Crippen molar-refractivity contribution in [2.75, 3.05) is 0 Å². The van der Waals surface area contributed by atoms with Gasteiger partial charge in [-0.1, -0.05) is 6.07 Å². The Bertz CT molecular complexity index is 752. The summed E-state index contributed by atoms with van der Waals surface area (Å²) in [5.74, 6) is 0. The van der Waals surface area contributed by atoms with Crippen LogP contribution in [-0.2, 0) is 10.0 Å². The van der Waals surface area contributed by atoms with Crippen LogP contribution in [0.1, 0.15) is 18.4 Å². The maximum atomic E-state index is 12.4. The largest absolute Gasteiger partial charge is 0.393 e. The third-order valence-corrected chi connectivity index (χ3v) is 5.23. The number of aromatic nitrogens is 1. The number of sulfonamides is 1. The van der Waals surface area contributed by atoms with Crippen LogP contribution in [0.2, 0.25) is 0 Å². The topological polar surface area (TPSA) is 79.3 Å². The first kappa shape index (κ1) is 13.5. The number of aliphatic hydroxyl groups is 1. The van der Waals surface area contributed by atoms with Gasteiger partial charge >= 0.3 is 0 Å². The van der Waals surface area contributed by atoms with Crippen molar-refractivity contribution in [3.63, 3.8) is 0 Å². The second-order valence-corrected chi connectivity index (χ2v) is 6.91. The molecule has 5 nitrogen and oxygen atoms in total. The predicted octanol–water partition coefficient (Wildman–Crippen LogP) is 1.34. The van der Waals surface area contributed by atoms with Crippen molar-refractivity contribution in [2.24, 2.45) is 0 Å². The third-order valence-electron chi connectivity index (χ3n) is 3.66. The van der Waals surface area contributed by atoms with E-state index in [0.29, 0.717) is 23.7 Å². The fourth-order valence-corrected chi connectivity index (χ4v) is 3.95. The molecule has 0 atom stereocenters. The summed E-state index contributed by atoms with van der Waals surface area (Å²) in [6, 6.07) is 6.69. The molecule has 1 aromatic carbocycles. The Kier molecular flexibility index (Phi) is 3.24. The van der Waals surface area contributed by atoms with Gasteiger partial charge in [0.1, 0.15) is 0 Å². The molecular weight excluding hydrogens is 276 g/mol. The zero-order chi connectivity index (χ0) is 14.3. The Labute approximate surface area is 117 Å². The lowest BCUT2D eigenvalue weighted by molar-refractivity contribution is 0.0712. The Morgan fingerprint density at radius 1 is 1.30 bits per heavy atom. The fraction of sp³-hybridized carbons (Fsp3) is 0.357. The summed E-state index contributed by atoms with van der Waals surface area (Å²) in [6.07, 6.45) is 2.21. The van der Waals surface area contributed by atoms with Crippen molar-refractivity contribution in [2.45, 2.75) is 36.8 Å². The van der Waals surface area contributed by atoms with Crippen LogP contribution in [0.3, 0.4) is 0 Å². The van der Waals surface area contributed by atoms with E-state index in [1.807, 2.05) is 6.92 Å². The maximum absolute atomic E-state index is 12.4. The van der Waals surface area contributed by atoms with E-state index in [-0.39, 0.29) is 17.0 Å². The minimum absolute atomic E-state index is 0.178. The van der Waals surface area contributed by atoms with Gasteiger partial charge in [-0.05, 0) is 43.5 Å². The number of aliphatic hydroxyl groups excluding tert-OH is 1. The molecule has 1 saturated carbocycles. The van der Waals surface area contributed by atoms with Gasteiger partial charge in [0, 0.05) is 17.6 Å². The molecule has 1 aliphatic rings. The molecule has 1 aromatic heterocycles. The molecule has 106 valence electrons. The van der Waals surface area contributed by atoms with E-state index in [2.05, 4.69) is 9.71 Å². The minimum atomic E-state index is -3.59. The van der Waals surface area contributed by atoms with Crippen molar-refractivity contribution < 1.29 is 13.5 Å². The first-order valence-electron chi connectivity index (χ1n) is 6.52. The zero-order valence-corrected chi connectivity index (χ0v) is 11.9. The summed E-state index contributed by atoms with van der Waals surface area (Å²) >= 11 is 0. The summed E-state index contributed by atoms with van der Waals surface area (Å²) in [6.45, 7) is 1.90. The Hall–Kier alpha value is -1.50. The molecule has 0 unspecified atom stereocenters. The fourth-order valence-electron chi connectivity index (χ4n) is 2.49. The molecule has 20 heavy (non-hydrogen) atoms. The molecule has 1 aliphatic carbocycles. The number of pyridine rings is 1. The minimum Gasteiger partial charge on any atom is -0.393 e. The third kappa shape index (κ3) is 2.30. The summed E-state index contributed by atoms with van der Waals surface area (Å²) in [4.78, 5) is 4.49. The van der Waals surface area contributed by atoms with Gasteiger partial charge in [-0.25, -0.2) is 13.1 Å². The molecule has 6 heteroatoms. The SMILES string of the molecule is Cc1ccc(S(=O)(=O)NC2CC(O)C2)c2cccnc12. The van der Waals surface area contributed by atoms with Crippen LogP contribution in [0.5, 0.6) is 0 Å². The Morgan fingerprint density at radius 3 is 2.75 bits per heavy atom. The number of rotatable bonds is 3. The Balaban J connectivity index is 2.03. The molecule has 0 spiro atoms. The number of hydrogen-bond acceptors (Lipinski definition) is 4. The molecule has 0 aliphatic heterocycles. The number of hydrogen-bond donors (Lipinski definition) is 2. The molecule has 0 bridgehead atoms. The van der Waals surface area contributed by atoms with Gasteiger partial charge in [0.15, 0.2) is 0 Å². The number of aryl methyl sites for hydroxylation is 1. The van der Waals surface area contributed by atoms with Crippen molar-refractivity contribution in [3.8, 4) is 0 Å². The van der Waals surface area contributed by atoms with E-state index in [0.717, 1.165) is 5.56 Å². The monoisotopic (exact) mass is 292 g/mol. The second kappa shape index (κ2) is 4.80. The summed E-state index contributed by atoms with van der Waals surface area (Å²) in [7, 11) is -3.59. The Morgan fingerprint density at radius 2 is 2.05 bits per heavy atom. The quantitative estimate of drug-likeness (QED) is 0.895. The average molecular weight is 292 g/mol. The van der Waals surface area contributed by atoms with Gasteiger partial charge in [0.25, 0.3) is 0 Å². The van der Waals surface area contributed by atoms with E-state index in [1.54, 1.807) is 30.5 Å². The van der Waals surface area contributed by atoms with E-state index < -0.39 is 10.0 Å². The number of fused-ring (bicyclic) bond motifs is 1. The van der Waals surface area contributed by atoms with Gasteiger partial charge < -0.3 is 5.11 Å². The lowest BCUT2D eigenvalue weighted by Gasteiger charge is -2.31. The molecule has 0 radical (unpaired) electrons. The van der Waals surface area contributed by atoms with E-state index in [4.69, 9.17) is 0 Å². The lowest BCUT2D eigenvalue weighted by atomic mass is 9.91. The van der Waals surface area contributed by atoms with Gasteiger partial charge in [-0.3, -0.25) is 4.98 Å². The molecule has 1 heterocycles.